The normalized spacial score (nSPS) is 28.0. The van der Waals surface area contributed by atoms with Gasteiger partial charge in [-0.05, 0) is 49.3 Å². The van der Waals surface area contributed by atoms with E-state index in [4.69, 9.17) is 29.6 Å². The van der Waals surface area contributed by atoms with Gasteiger partial charge >= 0.3 is 0 Å². The van der Waals surface area contributed by atoms with Crippen LogP contribution in [0, 0.1) is 11.8 Å². The molecule has 2 fully saturated rings. The van der Waals surface area contributed by atoms with Crippen molar-refractivity contribution in [1.29, 1.82) is 0 Å². The number of hydrogen-bond acceptors (Lipinski definition) is 3. The third-order valence-corrected chi connectivity index (χ3v) is 6.58. The van der Waals surface area contributed by atoms with Gasteiger partial charge in [0.1, 0.15) is 4.99 Å². The van der Waals surface area contributed by atoms with Crippen LogP contribution in [0.15, 0.2) is 23.1 Å². The Morgan fingerprint density at radius 2 is 2.10 bits per heavy atom. The zero-order valence-corrected chi connectivity index (χ0v) is 13.8. The zero-order valence-electron chi connectivity index (χ0n) is 11.4. The zero-order chi connectivity index (χ0) is 15.2. The summed E-state index contributed by atoms with van der Waals surface area (Å²) in [5, 5.41) is 0.262. The van der Waals surface area contributed by atoms with E-state index in [-0.39, 0.29) is 20.9 Å². The molecule has 3 N–H and O–H groups in total. The van der Waals surface area contributed by atoms with Gasteiger partial charge in [-0.3, -0.25) is 0 Å². The Bertz CT molecular complexity index is 690. The van der Waals surface area contributed by atoms with Gasteiger partial charge in [0.15, 0.2) is 0 Å². The first-order valence-electron chi connectivity index (χ1n) is 6.98. The summed E-state index contributed by atoms with van der Waals surface area (Å²) in [7, 11) is -3.55. The number of hydrogen-bond donors (Lipinski definition) is 2. The van der Waals surface area contributed by atoms with Crippen molar-refractivity contribution in [3.63, 3.8) is 0 Å². The van der Waals surface area contributed by atoms with Crippen LogP contribution in [-0.4, -0.2) is 19.4 Å². The summed E-state index contributed by atoms with van der Waals surface area (Å²) in [4.78, 5) is 0.320. The Hall–Kier alpha value is -0.690. The highest BCUT2D eigenvalue weighted by molar-refractivity contribution is 7.89. The lowest BCUT2D eigenvalue weighted by molar-refractivity contribution is 0.390. The first-order valence-corrected chi connectivity index (χ1v) is 9.25. The molecular formula is C14H17ClN2O2S2. The van der Waals surface area contributed by atoms with Gasteiger partial charge in [0.25, 0.3) is 0 Å². The molecule has 0 amide bonds. The van der Waals surface area contributed by atoms with Gasteiger partial charge in [-0.2, -0.15) is 0 Å². The number of fused-ring (bicyclic) bond motifs is 2. The molecule has 2 bridgehead atoms. The largest absolute Gasteiger partial charge is 0.389 e. The molecule has 0 heterocycles. The molecule has 3 rings (SSSR count). The topological polar surface area (TPSA) is 72.2 Å². The summed E-state index contributed by atoms with van der Waals surface area (Å²) in [6, 6.07) is 4.52. The van der Waals surface area contributed by atoms with Crippen LogP contribution < -0.4 is 10.5 Å². The number of nitrogens with two attached hydrogens (primary N) is 1. The maximum atomic E-state index is 12.5. The lowest BCUT2D eigenvalue weighted by Gasteiger charge is -2.22. The Balaban J connectivity index is 1.82. The molecule has 1 aromatic carbocycles. The van der Waals surface area contributed by atoms with Gasteiger partial charge in [-0.25, -0.2) is 13.1 Å². The molecule has 0 aromatic heterocycles. The van der Waals surface area contributed by atoms with E-state index in [9.17, 15) is 8.42 Å². The van der Waals surface area contributed by atoms with E-state index >= 15 is 0 Å². The first kappa shape index (κ1) is 15.2. The van der Waals surface area contributed by atoms with Crippen LogP contribution in [0.2, 0.25) is 5.02 Å². The van der Waals surface area contributed by atoms with E-state index in [0.29, 0.717) is 17.4 Å². The van der Waals surface area contributed by atoms with Crippen LogP contribution in [-0.2, 0) is 10.0 Å². The summed E-state index contributed by atoms with van der Waals surface area (Å²) in [6.45, 7) is 0. The Morgan fingerprint density at radius 1 is 1.33 bits per heavy atom. The molecule has 2 aliphatic rings. The Kier molecular flexibility index (Phi) is 3.98. The molecule has 114 valence electrons. The van der Waals surface area contributed by atoms with Crippen LogP contribution in [0.1, 0.15) is 31.2 Å². The van der Waals surface area contributed by atoms with E-state index in [1.165, 1.54) is 18.6 Å². The van der Waals surface area contributed by atoms with Crippen molar-refractivity contribution in [2.24, 2.45) is 17.6 Å². The maximum absolute atomic E-state index is 12.5. The fourth-order valence-corrected chi connectivity index (χ4v) is 5.44. The van der Waals surface area contributed by atoms with E-state index in [2.05, 4.69) is 4.72 Å². The number of nitrogens with one attached hydrogen (secondary N) is 1. The minimum Gasteiger partial charge on any atom is -0.389 e. The molecular weight excluding hydrogens is 328 g/mol. The Morgan fingerprint density at radius 3 is 2.62 bits per heavy atom. The van der Waals surface area contributed by atoms with Crippen molar-refractivity contribution < 1.29 is 8.42 Å². The number of halogens is 1. The Labute approximate surface area is 135 Å². The van der Waals surface area contributed by atoms with Gasteiger partial charge < -0.3 is 5.73 Å². The van der Waals surface area contributed by atoms with Crippen molar-refractivity contribution in [3.05, 3.63) is 28.8 Å². The third-order valence-electron chi connectivity index (χ3n) is 4.56. The molecule has 2 aliphatic carbocycles. The molecule has 7 heteroatoms. The SMILES string of the molecule is NC(=S)c1ccc(S(=O)(=O)NC2CC3CCC2C3)cc1Cl. The monoisotopic (exact) mass is 344 g/mol. The minimum atomic E-state index is -3.55. The van der Waals surface area contributed by atoms with Crippen molar-refractivity contribution in [1.82, 2.24) is 4.72 Å². The highest BCUT2D eigenvalue weighted by atomic mass is 35.5. The fourth-order valence-electron chi connectivity index (χ4n) is 3.52. The van der Waals surface area contributed by atoms with E-state index in [1.807, 2.05) is 0 Å². The molecule has 0 aliphatic heterocycles. The van der Waals surface area contributed by atoms with Crippen molar-refractivity contribution in [2.45, 2.75) is 36.6 Å². The van der Waals surface area contributed by atoms with Crippen LogP contribution in [0.5, 0.6) is 0 Å². The average molecular weight is 345 g/mol. The van der Waals surface area contributed by atoms with Crippen molar-refractivity contribution >= 4 is 38.8 Å². The maximum Gasteiger partial charge on any atom is 0.240 e. The minimum absolute atomic E-state index is 0.0581. The second-order valence-corrected chi connectivity index (χ2v) is 8.47. The number of rotatable bonds is 4. The summed E-state index contributed by atoms with van der Waals surface area (Å²) >= 11 is 10.9. The summed E-state index contributed by atoms with van der Waals surface area (Å²) in [5.74, 6) is 1.17. The van der Waals surface area contributed by atoms with E-state index < -0.39 is 10.0 Å². The molecule has 2 saturated carbocycles. The summed E-state index contributed by atoms with van der Waals surface area (Å²) < 4.78 is 27.8. The van der Waals surface area contributed by atoms with Gasteiger partial charge in [-0.15, -0.1) is 0 Å². The molecule has 0 radical (unpaired) electrons. The average Bonchev–Trinajstić information content (AvgIpc) is 2.99. The predicted molar refractivity (Wildman–Crippen MR) is 86.9 cm³/mol. The second kappa shape index (κ2) is 5.50. The predicted octanol–water partition coefficient (Wildman–Crippen LogP) is 2.44. The van der Waals surface area contributed by atoms with E-state index in [0.717, 1.165) is 19.3 Å². The highest BCUT2D eigenvalue weighted by Crippen LogP contribution is 2.44. The standard InChI is InChI=1S/C14H17ClN2O2S2/c15-12-7-10(3-4-11(12)14(16)20)21(18,19)17-13-6-8-1-2-9(13)5-8/h3-4,7-9,13,17H,1-2,5-6H2,(H2,16,20). The highest BCUT2D eigenvalue weighted by Gasteiger charge is 2.41. The molecule has 1 aromatic rings. The van der Waals surface area contributed by atoms with Crippen LogP contribution >= 0.6 is 23.8 Å². The van der Waals surface area contributed by atoms with Crippen LogP contribution in [0.25, 0.3) is 0 Å². The molecule has 3 atom stereocenters. The lowest BCUT2D eigenvalue weighted by Crippen LogP contribution is -2.38. The first-order chi connectivity index (χ1) is 9.87. The van der Waals surface area contributed by atoms with Gasteiger partial charge in [-0.1, -0.05) is 30.2 Å². The number of thiocarbonyl (C=S) groups is 1. The smallest absolute Gasteiger partial charge is 0.240 e. The summed E-state index contributed by atoms with van der Waals surface area (Å²) in [5.41, 5.74) is 6.02. The molecule has 4 nitrogen and oxygen atoms in total. The lowest BCUT2D eigenvalue weighted by atomic mass is 9.96. The molecule has 0 saturated heterocycles. The molecule has 0 spiro atoms. The number of sulfonamides is 1. The quantitative estimate of drug-likeness (QED) is 0.823. The third kappa shape index (κ3) is 2.95. The number of benzene rings is 1. The van der Waals surface area contributed by atoms with Crippen molar-refractivity contribution in [3.8, 4) is 0 Å². The van der Waals surface area contributed by atoms with Crippen molar-refractivity contribution in [2.75, 3.05) is 0 Å². The van der Waals surface area contributed by atoms with E-state index in [1.54, 1.807) is 6.07 Å². The van der Waals surface area contributed by atoms with Crippen LogP contribution in [0.3, 0.4) is 0 Å². The second-order valence-electron chi connectivity index (χ2n) is 5.91. The fraction of sp³-hybridized carbons (Fsp3) is 0.500. The molecule has 3 unspecified atom stereocenters. The van der Waals surface area contributed by atoms with Crippen LogP contribution in [0.4, 0.5) is 0 Å². The van der Waals surface area contributed by atoms with Gasteiger partial charge in [0.2, 0.25) is 10.0 Å². The van der Waals surface area contributed by atoms with Gasteiger partial charge in [0.05, 0.1) is 9.92 Å². The molecule has 21 heavy (non-hydrogen) atoms. The van der Waals surface area contributed by atoms with Gasteiger partial charge in [0, 0.05) is 11.6 Å². The summed E-state index contributed by atoms with van der Waals surface area (Å²) in [6.07, 6.45) is 4.45.